The average molecular weight is 226 g/mol. The molecule has 15 heavy (non-hydrogen) atoms. The topological polar surface area (TPSA) is 66.6 Å². The van der Waals surface area contributed by atoms with Crippen molar-refractivity contribution in [1.82, 2.24) is 4.98 Å². The minimum absolute atomic E-state index is 0.0264. The second kappa shape index (κ2) is 4.03. The van der Waals surface area contributed by atoms with Gasteiger partial charge in [-0.25, -0.2) is 4.39 Å². The van der Waals surface area contributed by atoms with E-state index in [1.54, 1.807) is 0 Å². The molecule has 0 atom stereocenters. The molecule has 76 valence electrons. The Morgan fingerprint density at radius 2 is 1.87 bits per heavy atom. The van der Waals surface area contributed by atoms with Gasteiger partial charge in [-0.15, -0.1) is 0 Å². The zero-order valence-corrected chi connectivity index (χ0v) is 8.32. The summed E-state index contributed by atoms with van der Waals surface area (Å²) < 4.78 is 26.0. The Balaban J connectivity index is 3.71. The predicted molar refractivity (Wildman–Crippen MR) is 50.5 cm³/mol. The van der Waals surface area contributed by atoms with Crippen LogP contribution in [0.25, 0.3) is 0 Å². The van der Waals surface area contributed by atoms with Gasteiger partial charge in [-0.1, -0.05) is 16.7 Å². The first-order valence-corrected chi connectivity index (χ1v) is 4.09. The fraction of sp³-hybridized carbons (Fsp3) is 0.125. The zero-order valence-electron chi connectivity index (χ0n) is 7.51. The lowest BCUT2D eigenvalue weighted by Crippen LogP contribution is -2.10. The Labute approximate surface area is 88.9 Å². The fourth-order valence-electron chi connectivity index (χ4n) is 0.994. The number of anilines is 1. The molecule has 0 aliphatic rings. The van der Waals surface area contributed by atoms with Gasteiger partial charge in [0.05, 0.1) is 0 Å². The summed E-state index contributed by atoms with van der Waals surface area (Å²) in [5.74, 6) is -1.51. The summed E-state index contributed by atoms with van der Waals surface area (Å²) >= 11 is 4.63. The molecule has 0 saturated carbocycles. The first kappa shape index (κ1) is 11.1. The molecule has 1 aromatic rings. The Morgan fingerprint density at radius 3 is 2.27 bits per heavy atom. The Hall–Kier alpha value is -1.99. The van der Waals surface area contributed by atoms with Crippen molar-refractivity contribution in [1.29, 1.82) is 10.5 Å². The normalized spacial score (nSPS) is 9.13. The molecule has 1 N–H and O–H groups in total. The number of halogens is 2. The third-order valence-corrected chi connectivity index (χ3v) is 1.97. The van der Waals surface area contributed by atoms with Gasteiger partial charge in [0.1, 0.15) is 27.9 Å². The molecular formula is C8H4F2N4S. The molecule has 0 fully saturated rings. The summed E-state index contributed by atoms with van der Waals surface area (Å²) in [6.45, 7) is 0. The molecule has 0 amide bonds. The summed E-state index contributed by atoms with van der Waals surface area (Å²) in [5, 5.41) is 17.2. The highest BCUT2D eigenvalue weighted by molar-refractivity contribution is 7.71. The molecule has 0 radical (unpaired) electrons. The molecule has 0 aromatic carbocycles. The van der Waals surface area contributed by atoms with Crippen molar-refractivity contribution >= 4 is 18.0 Å². The van der Waals surface area contributed by atoms with Crippen LogP contribution in [-0.4, -0.2) is 12.0 Å². The number of nitriles is 2. The van der Waals surface area contributed by atoms with E-state index in [0.717, 1.165) is 7.05 Å². The zero-order chi connectivity index (χ0) is 11.6. The number of aromatic amines is 1. The molecule has 0 saturated heterocycles. The van der Waals surface area contributed by atoms with Crippen molar-refractivity contribution in [3.8, 4) is 12.1 Å². The second-order valence-corrected chi connectivity index (χ2v) is 2.98. The highest BCUT2D eigenvalue weighted by Crippen LogP contribution is 2.22. The van der Waals surface area contributed by atoms with Crippen LogP contribution in [0.5, 0.6) is 0 Å². The van der Waals surface area contributed by atoms with Gasteiger partial charge in [-0.05, 0) is 0 Å². The van der Waals surface area contributed by atoms with Crippen LogP contribution in [-0.2, 0) is 0 Å². The summed E-state index contributed by atoms with van der Waals surface area (Å²) in [6.07, 6.45) is 0. The number of nitrogens with one attached hydrogen (secondary N) is 1. The third-order valence-electron chi connectivity index (χ3n) is 1.67. The molecule has 0 aliphatic carbocycles. The van der Waals surface area contributed by atoms with Gasteiger partial charge in [-0.2, -0.15) is 15.6 Å². The highest BCUT2D eigenvalue weighted by atomic mass is 32.1. The molecule has 0 spiro atoms. The van der Waals surface area contributed by atoms with Crippen LogP contribution >= 0.6 is 12.2 Å². The maximum atomic E-state index is 13.4. The van der Waals surface area contributed by atoms with Crippen LogP contribution in [0.15, 0.2) is 0 Å². The van der Waals surface area contributed by atoms with Crippen LogP contribution < -0.4 is 5.12 Å². The van der Waals surface area contributed by atoms with Crippen molar-refractivity contribution in [2.75, 3.05) is 12.2 Å². The first-order valence-electron chi connectivity index (χ1n) is 3.68. The predicted octanol–water partition coefficient (Wildman–Crippen LogP) is 1.95. The smallest absolute Gasteiger partial charge is 0.165 e. The van der Waals surface area contributed by atoms with Crippen LogP contribution in [0.1, 0.15) is 11.1 Å². The van der Waals surface area contributed by atoms with Gasteiger partial charge < -0.3 is 4.98 Å². The number of nitrogens with zero attached hydrogens (tertiary/aromatic N) is 3. The average Bonchev–Trinajstić information content (AvgIpc) is 2.17. The monoisotopic (exact) mass is 226 g/mol. The van der Waals surface area contributed by atoms with Crippen molar-refractivity contribution < 1.29 is 8.87 Å². The molecule has 1 heterocycles. The molecule has 0 bridgehead atoms. The first-order chi connectivity index (χ1) is 7.02. The van der Waals surface area contributed by atoms with Gasteiger partial charge in [0, 0.05) is 7.05 Å². The van der Waals surface area contributed by atoms with Crippen molar-refractivity contribution in [2.45, 2.75) is 0 Å². The quantitative estimate of drug-likeness (QED) is 0.587. The van der Waals surface area contributed by atoms with E-state index in [9.17, 15) is 8.87 Å². The largest absolute Gasteiger partial charge is 0.329 e. The van der Waals surface area contributed by atoms with Crippen LogP contribution in [0.4, 0.5) is 14.7 Å². The SMILES string of the molecule is CN(F)c1[nH]c(=S)c(C#N)c(F)c1C#N. The van der Waals surface area contributed by atoms with Crippen molar-refractivity contribution in [2.24, 2.45) is 0 Å². The Morgan fingerprint density at radius 1 is 1.33 bits per heavy atom. The molecule has 1 rings (SSSR count). The van der Waals surface area contributed by atoms with Crippen LogP contribution in [0.3, 0.4) is 0 Å². The number of hydrogen-bond acceptors (Lipinski definition) is 4. The minimum Gasteiger partial charge on any atom is -0.329 e. The van der Waals surface area contributed by atoms with Gasteiger partial charge in [0.15, 0.2) is 11.6 Å². The van der Waals surface area contributed by atoms with Crippen LogP contribution in [0, 0.1) is 33.1 Å². The molecular weight excluding hydrogens is 222 g/mol. The summed E-state index contributed by atoms with van der Waals surface area (Å²) in [5.41, 5.74) is -1.04. The van der Waals surface area contributed by atoms with Gasteiger partial charge in [0.2, 0.25) is 0 Å². The van der Waals surface area contributed by atoms with E-state index in [1.165, 1.54) is 12.1 Å². The summed E-state index contributed by atoms with van der Waals surface area (Å²) in [4.78, 5) is 2.27. The van der Waals surface area contributed by atoms with Crippen molar-refractivity contribution in [3.63, 3.8) is 0 Å². The van der Waals surface area contributed by atoms with E-state index in [-0.39, 0.29) is 9.76 Å². The molecule has 0 unspecified atom stereocenters. The van der Waals surface area contributed by atoms with Gasteiger partial charge in [0.25, 0.3) is 0 Å². The van der Waals surface area contributed by atoms with E-state index >= 15 is 0 Å². The lowest BCUT2D eigenvalue weighted by Gasteiger charge is -2.10. The van der Waals surface area contributed by atoms with Crippen LogP contribution in [0.2, 0.25) is 0 Å². The fourth-order valence-corrected chi connectivity index (χ4v) is 1.23. The number of hydrogen-bond donors (Lipinski definition) is 1. The third kappa shape index (κ3) is 1.78. The number of H-pyrrole nitrogens is 1. The number of pyridine rings is 1. The maximum Gasteiger partial charge on any atom is 0.165 e. The maximum absolute atomic E-state index is 13.4. The van der Waals surface area contributed by atoms with E-state index in [1.807, 2.05) is 0 Å². The van der Waals surface area contributed by atoms with E-state index < -0.39 is 22.8 Å². The molecule has 7 heteroatoms. The highest BCUT2D eigenvalue weighted by Gasteiger charge is 2.18. The lowest BCUT2D eigenvalue weighted by molar-refractivity contribution is 0.466. The number of aromatic nitrogens is 1. The standard InChI is InChI=1S/C8H4F2N4S/c1-14(10)7-4(2-11)6(9)5(3-12)8(15)13-7/h1H3,(H,13,15). The van der Waals surface area contributed by atoms with E-state index in [0.29, 0.717) is 0 Å². The summed E-state index contributed by atoms with van der Waals surface area (Å²) in [6, 6.07) is 2.96. The van der Waals surface area contributed by atoms with E-state index in [4.69, 9.17) is 10.5 Å². The van der Waals surface area contributed by atoms with E-state index in [2.05, 4.69) is 17.2 Å². The van der Waals surface area contributed by atoms with Gasteiger partial charge in [-0.3, -0.25) is 0 Å². The Bertz CT molecular complexity index is 535. The molecule has 1 aromatic heterocycles. The van der Waals surface area contributed by atoms with Crippen molar-refractivity contribution in [3.05, 3.63) is 21.6 Å². The summed E-state index contributed by atoms with van der Waals surface area (Å²) in [7, 11) is 0.979. The Kier molecular flexibility index (Phi) is 2.98. The van der Waals surface area contributed by atoms with Gasteiger partial charge >= 0.3 is 0 Å². The lowest BCUT2D eigenvalue weighted by atomic mass is 10.2. The molecule has 0 aliphatic heterocycles. The number of rotatable bonds is 1. The molecule has 4 nitrogen and oxygen atoms in total. The minimum atomic E-state index is -1.11. The second-order valence-electron chi connectivity index (χ2n) is 2.57.